The Hall–Kier alpha value is -4.88. The minimum Gasteiger partial charge on any atom is -0.309 e. The summed E-state index contributed by atoms with van der Waals surface area (Å²) in [5, 5.41) is 2.70. The molecular weight excluding hydrogens is 699 g/mol. The Morgan fingerprint density at radius 2 is 0.845 bits per heavy atom. The first-order chi connectivity index (χ1) is 26.9. The Kier molecular flexibility index (Phi) is 9.17. The highest BCUT2D eigenvalue weighted by atomic mass is 15.0. The average Bonchev–Trinajstić information content (AvgIpc) is 3.65. The Labute approximate surface area is 349 Å². The molecule has 0 radical (unpaired) electrons. The van der Waals surface area contributed by atoms with Gasteiger partial charge in [-0.25, -0.2) is 0 Å². The molecule has 0 N–H and O–H groups in total. The van der Waals surface area contributed by atoms with Crippen molar-refractivity contribution in [2.24, 2.45) is 0 Å². The van der Waals surface area contributed by atoms with Crippen molar-refractivity contribution < 1.29 is 0 Å². The zero-order valence-electron chi connectivity index (χ0n) is 38.0. The average molecular weight is 764 g/mol. The van der Waals surface area contributed by atoms with Crippen molar-refractivity contribution in [1.82, 2.24) is 4.57 Å². The predicted molar refractivity (Wildman–Crippen MR) is 253 cm³/mol. The number of rotatable bonds is 3. The monoisotopic (exact) mass is 764 g/mol. The quantitative estimate of drug-likeness (QED) is 0.169. The number of hydrogen-bond acceptors (Lipinski definition) is 0. The highest BCUT2D eigenvalue weighted by Gasteiger charge is 2.37. The molecule has 0 fully saturated rings. The van der Waals surface area contributed by atoms with Crippen LogP contribution in [0.1, 0.15) is 154 Å². The van der Waals surface area contributed by atoms with Crippen LogP contribution >= 0.6 is 0 Å². The van der Waals surface area contributed by atoms with Crippen LogP contribution in [0.3, 0.4) is 0 Å². The molecule has 298 valence electrons. The Morgan fingerprint density at radius 3 is 1.33 bits per heavy atom. The molecule has 1 aliphatic carbocycles. The second kappa shape index (κ2) is 13.3. The normalized spacial score (nSPS) is 14.1. The summed E-state index contributed by atoms with van der Waals surface area (Å²) in [7, 11) is 0. The summed E-state index contributed by atoms with van der Waals surface area (Å²) in [5.41, 5.74) is 20.2. The van der Waals surface area contributed by atoms with Crippen LogP contribution in [0, 0.1) is 0 Å². The van der Waals surface area contributed by atoms with Gasteiger partial charge in [0.2, 0.25) is 0 Å². The number of fused-ring (bicyclic) bond motifs is 6. The van der Waals surface area contributed by atoms with E-state index in [1.165, 1.54) is 94.3 Å². The molecule has 1 heterocycles. The van der Waals surface area contributed by atoms with Crippen LogP contribution in [-0.4, -0.2) is 4.57 Å². The first kappa shape index (κ1) is 39.9. The van der Waals surface area contributed by atoms with Crippen LogP contribution in [0.5, 0.6) is 0 Å². The van der Waals surface area contributed by atoms with Gasteiger partial charge < -0.3 is 4.57 Å². The van der Waals surface area contributed by atoms with Gasteiger partial charge in [-0.05, 0) is 118 Å². The van der Waals surface area contributed by atoms with Gasteiger partial charge in [0, 0.05) is 22.4 Å². The Bertz CT molecular complexity index is 2620. The van der Waals surface area contributed by atoms with E-state index in [1.807, 2.05) is 0 Å². The molecule has 0 aliphatic heterocycles. The number of nitrogens with zero attached hydrogens (tertiary/aromatic N) is 1. The van der Waals surface area contributed by atoms with Crippen LogP contribution in [-0.2, 0) is 27.1 Å². The summed E-state index contributed by atoms with van der Waals surface area (Å²) >= 11 is 0. The number of benzene rings is 6. The molecule has 0 saturated carbocycles. The van der Waals surface area contributed by atoms with Crippen molar-refractivity contribution in [3.05, 3.63) is 160 Å². The molecule has 1 nitrogen and oxygen atoms in total. The fourth-order valence-electron chi connectivity index (χ4n) is 9.48. The van der Waals surface area contributed by atoms with E-state index in [9.17, 15) is 0 Å². The van der Waals surface area contributed by atoms with Crippen molar-refractivity contribution in [2.45, 2.75) is 137 Å². The molecular formula is C57H65N. The number of hydrogen-bond donors (Lipinski definition) is 0. The van der Waals surface area contributed by atoms with E-state index >= 15 is 0 Å². The van der Waals surface area contributed by atoms with Crippen molar-refractivity contribution in [2.75, 3.05) is 0 Å². The summed E-state index contributed by atoms with van der Waals surface area (Å²) in [6, 6.07) is 45.0. The topological polar surface area (TPSA) is 4.93 Å². The maximum atomic E-state index is 2.59. The maximum Gasteiger partial charge on any atom is 0.0547 e. The van der Waals surface area contributed by atoms with E-state index in [0.29, 0.717) is 0 Å². The van der Waals surface area contributed by atoms with Gasteiger partial charge in [-0.15, -0.1) is 0 Å². The lowest BCUT2D eigenvalue weighted by Gasteiger charge is -2.29. The van der Waals surface area contributed by atoms with Gasteiger partial charge in [0.05, 0.1) is 11.0 Å². The fraction of sp³-hybridized carbons (Fsp3) is 0.368. The van der Waals surface area contributed by atoms with Gasteiger partial charge in [-0.1, -0.05) is 195 Å². The van der Waals surface area contributed by atoms with Gasteiger partial charge in [-0.3, -0.25) is 0 Å². The fourth-order valence-corrected chi connectivity index (χ4v) is 9.48. The van der Waals surface area contributed by atoms with Crippen LogP contribution in [0.25, 0.3) is 49.7 Å². The highest BCUT2D eigenvalue weighted by molar-refractivity contribution is 6.17. The molecule has 0 unspecified atom stereocenters. The third-order valence-electron chi connectivity index (χ3n) is 12.8. The molecule has 0 bridgehead atoms. The summed E-state index contributed by atoms with van der Waals surface area (Å²) in [6.07, 6.45) is 0. The minimum absolute atomic E-state index is 0.00330. The van der Waals surface area contributed by atoms with Crippen molar-refractivity contribution in [1.29, 1.82) is 0 Å². The van der Waals surface area contributed by atoms with Crippen molar-refractivity contribution >= 4 is 21.8 Å². The molecule has 58 heavy (non-hydrogen) atoms. The third-order valence-corrected chi connectivity index (χ3v) is 12.8. The molecule has 0 amide bonds. The van der Waals surface area contributed by atoms with E-state index in [0.717, 1.165) is 0 Å². The second-order valence-corrected chi connectivity index (χ2v) is 22.4. The van der Waals surface area contributed by atoms with Crippen molar-refractivity contribution in [3.8, 4) is 27.9 Å². The number of aromatic nitrogens is 1. The first-order valence-electron chi connectivity index (χ1n) is 21.6. The van der Waals surface area contributed by atoms with Gasteiger partial charge in [0.1, 0.15) is 0 Å². The predicted octanol–water partition coefficient (Wildman–Crippen LogP) is 16.1. The van der Waals surface area contributed by atoms with Crippen LogP contribution in [0.15, 0.2) is 115 Å². The van der Waals surface area contributed by atoms with Crippen LogP contribution in [0.4, 0.5) is 0 Å². The third kappa shape index (κ3) is 6.73. The van der Waals surface area contributed by atoms with E-state index in [2.05, 4.69) is 224 Å². The zero-order chi connectivity index (χ0) is 41.9. The second-order valence-electron chi connectivity index (χ2n) is 22.4. The molecule has 6 aromatic carbocycles. The largest absolute Gasteiger partial charge is 0.309 e. The van der Waals surface area contributed by atoms with Crippen LogP contribution < -0.4 is 0 Å². The molecule has 0 atom stereocenters. The molecule has 1 aliphatic rings. The SMILES string of the molecule is CC(C)(C)c1cc(-n2c3cccc(-c4ccccc4)c3c3c(C(C)(C)C)c(C4c5ccc(C(C)(C)C)cc5-c5cc(C(C)(C)C)ccc54)ccc32)cc(C(C)(C)C)c1. The highest BCUT2D eigenvalue weighted by Crippen LogP contribution is 2.54. The lowest BCUT2D eigenvalue weighted by atomic mass is 9.74. The summed E-state index contributed by atoms with van der Waals surface area (Å²) in [4.78, 5) is 0. The lowest BCUT2D eigenvalue weighted by Crippen LogP contribution is -2.18. The summed E-state index contributed by atoms with van der Waals surface area (Å²) in [5.74, 6) is 0.116. The molecule has 1 aromatic heterocycles. The Morgan fingerprint density at radius 1 is 0.362 bits per heavy atom. The van der Waals surface area contributed by atoms with E-state index in [1.54, 1.807) is 0 Å². The molecule has 0 spiro atoms. The maximum absolute atomic E-state index is 2.59. The van der Waals surface area contributed by atoms with E-state index in [-0.39, 0.29) is 33.0 Å². The first-order valence-corrected chi connectivity index (χ1v) is 21.6. The summed E-state index contributed by atoms with van der Waals surface area (Å²) in [6.45, 7) is 35.3. The van der Waals surface area contributed by atoms with Gasteiger partial charge in [-0.2, -0.15) is 0 Å². The molecule has 1 heteroatoms. The van der Waals surface area contributed by atoms with Gasteiger partial charge >= 0.3 is 0 Å². The van der Waals surface area contributed by atoms with Crippen molar-refractivity contribution in [3.63, 3.8) is 0 Å². The zero-order valence-corrected chi connectivity index (χ0v) is 38.0. The van der Waals surface area contributed by atoms with Gasteiger partial charge in [0.15, 0.2) is 0 Å². The molecule has 7 aromatic rings. The standard InChI is InChI=1S/C57H65N/c1-53(2,3)36-24-26-42-45(33-36)46-34-37(54(4,5)6)25-27-43(46)49(42)44-28-29-48-51(52(44)57(13,14)15)50-41(35-20-17-16-18-21-35)22-19-23-47(50)58(48)40-31-38(55(7,8)9)30-39(32-40)56(10,11)12/h16-34,49H,1-15H3. The summed E-state index contributed by atoms with van der Waals surface area (Å²) < 4.78 is 2.59. The molecule has 0 saturated heterocycles. The van der Waals surface area contributed by atoms with Gasteiger partial charge in [0.25, 0.3) is 0 Å². The van der Waals surface area contributed by atoms with E-state index in [4.69, 9.17) is 0 Å². The Balaban J connectivity index is 1.53. The van der Waals surface area contributed by atoms with E-state index < -0.39 is 0 Å². The lowest BCUT2D eigenvalue weighted by molar-refractivity contribution is 0.568. The minimum atomic E-state index is -0.165. The smallest absolute Gasteiger partial charge is 0.0547 e. The molecule has 8 rings (SSSR count). The van der Waals surface area contributed by atoms with Crippen LogP contribution in [0.2, 0.25) is 0 Å².